The first-order chi connectivity index (χ1) is 24.4. The molecule has 0 aromatic carbocycles. The quantitative estimate of drug-likeness (QED) is 0.162. The van der Waals surface area contributed by atoms with Crippen LogP contribution in [0.4, 0.5) is 0 Å². The van der Waals surface area contributed by atoms with E-state index in [0.717, 1.165) is 57.8 Å². The van der Waals surface area contributed by atoms with Gasteiger partial charge in [0.2, 0.25) is 29.5 Å². The van der Waals surface area contributed by atoms with E-state index in [-0.39, 0.29) is 49.1 Å². The smallest absolute Gasteiger partial charge is 0.245 e. The molecule has 0 bridgehead atoms. The van der Waals surface area contributed by atoms with Gasteiger partial charge in [-0.05, 0) is 64.3 Å². The van der Waals surface area contributed by atoms with E-state index in [1.807, 2.05) is 13.8 Å². The summed E-state index contributed by atoms with van der Waals surface area (Å²) in [4.78, 5) is 73.9. The van der Waals surface area contributed by atoms with Crippen molar-refractivity contribution in [1.29, 1.82) is 0 Å². The van der Waals surface area contributed by atoms with Gasteiger partial charge in [0.15, 0.2) is 0 Å². The lowest BCUT2D eigenvalue weighted by atomic mass is 9.83. The number of carbonyl (C=O) groups excluding carboxylic acids is 5. The molecule has 6 atom stereocenters. The normalized spacial score (nSPS) is 31.5. The lowest BCUT2D eigenvalue weighted by Gasteiger charge is -2.38. The van der Waals surface area contributed by atoms with Crippen molar-refractivity contribution in [3.8, 4) is 0 Å². The Morgan fingerprint density at radius 3 is 2.02 bits per heavy atom. The van der Waals surface area contributed by atoms with Crippen molar-refractivity contribution in [1.82, 2.24) is 31.1 Å². The summed E-state index contributed by atoms with van der Waals surface area (Å²) in [6.07, 6.45) is 10.8. The van der Waals surface area contributed by atoms with Crippen LogP contribution in [0.25, 0.3) is 0 Å². The lowest BCUT2D eigenvalue weighted by Crippen LogP contribution is -2.63. The van der Waals surface area contributed by atoms with Gasteiger partial charge in [-0.2, -0.15) is 0 Å². The number of carbonyl (C=O) groups is 5. The van der Waals surface area contributed by atoms with Crippen molar-refractivity contribution in [3.05, 3.63) is 0 Å². The van der Waals surface area contributed by atoms with Gasteiger partial charge < -0.3 is 42.4 Å². The van der Waals surface area contributed by atoms with E-state index in [1.54, 1.807) is 11.9 Å². The number of hydrogen-bond acceptors (Lipinski definition) is 9. The zero-order chi connectivity index (χ0) is 37.5. The summed E-state index contributed by atoms with van der Waals surface area (Å²) in [5, 5.41) is 11.7. The third-order valence-corrected chi connectivity index (χ3v) is 10.8. The minimum atomic E-state index is -1.15. The van der Waals surface area contributed by atoms with Crippen molar-refractivity contribution in [2.45, 2.75) is 166 Å². The minimum Gasteiger partial charge on any atom is -0.375 e. The number of unbranched alkanes of at least 4 members (excludes halogenated alkanes) is 2. The van der Waals surface area contributed by atoms with Crippen LogP contribution in [-0.2, 0) is 28.7 Å². The first kappa shape index (κ1) is 42.6. The molecule has 1 aliphatic heterocycles. The van der Waals surface area contributed by atoms with E-state index in [4.69, 9.17) is 16.2 Å². The van der Waals surface area contributed by atoms with E-state index in [0.29, 0.717) is 45.2 Å². The molecule has 14 heteroatoms. The molecular weight excluding hydrogens is 652 g/mol. The molecule has 1 saturated heterocycles. The van der Waals surface area contributed by atoms with Gasteiger partial charge in [-0.3, -0.25) is 28.9 Å². The van der Waals surface area contributed by atoms with E-state index >= 15 is 0 Å². The van der Waals surface area contributed by atoms with Crippen LogP contribution >= 0.6 is 0 Å². The summed E-state index contributed by atoms with van der Waals surface area (Å²) in [6, 6.07) is -4.74. The summed E-state index contributed by atoms with van der Waals surface area (Å²) in [5.74, 6) is -2.21. The Kier molecular flexibility index (Phi) is 18.1. The maximum Gasteiger partial charge on any atom is 0.245 e. The molecule has 292 valence electrons. The molecule has 14 nitrogen and oxygen atoms in total. The van der Waals surface area contributed by atoms with Crippen molar-refractivity contribution in [2.75, 3.05) is 33.3 Å². The molecular formula is C37H68N8O6. The lowest BCUT2D eigenvalue weighted by molar-refractivity contribution is -0.145. The first-order valence-electron chi connectivity index (χ1n) is 19.7. The van der Waals surface area contributed by atoms with Gasteiger partial charge in [0.25, 0.3) is 0 Å². The molecule has 0 spiro atoms. The van der Waals surface area contributed by atoms with E-state index in [9.17, 15) is 24.0 Å². The summed E-state index contributed by atoms with van der Waals surface area (Å²) in [5.41, 5.74) is 12.0. The average Bonchev–Trinajstić information content (AvgIpc) is 3.10. The Labute approximate surface area is 305 Å². The van der Waals surface area contributed by atoms with Gasteiger partial charge in [0.05, 0.1) is 18.8 Å². The fraction of sp³-hybridized carbons (Fsp3) is 0.865. The molecule has 0 radical (unpaired) electrons. The number of nitrogens with one attached hydrogen (secondary N) is 4. The number of ether oxygens (including phenoxy) is 1. The van der Waals surface area contributed by atoms with Gasteiger partial charge in [-0.15, -0.1) is 0 Å². The predicted octanol–water partition coefficient (Wildman–Crippen LogP) is 1.29. The van der Waals surface area contributed by atoms with Crippen LogP contribution in [-0.4, -0.2) is 121 Å². The Morgan fingerprint density at radius 2 is 1.41 bits per heavy atom. The molecule has 0 aromatic rings. The number of nitrogens with zero attached hydrogens (tertiary/aromatic N) is 2. The van der Waals surface area contributed by atoms with Crippen LogP contribution in [0.1, 0.15) is 118 Å². The second kappa shape index (κ2) is 21.7. The van der Waals surface area contributed by atoms with Crippen LogP contribution < -0.4 is 32.7 Å². The molecule has 8 N–H and O–H groups in total. The maximum atomic E-state index is 14.5. The molecule has 2 saturated carbocycles. The zero-order valence-corrected chi connectivity index (χ0v) is 31.9. The van der Waals surface area contributed by atoms with Crippen LogP contribution in [0.5, 0.6) is 0 Å². The fourth-order valence-electron chi connectivity index (χ4n) is 7.54. The Morgan fingerprint density at radius 1 is 0.765 bits per heavy atom. The van der Waals surface area contributed by atoms with Gasteiger partial charge in [-0.25, -0.2) is 0 Å². The van der Waals surface area contributed by atoms with Gasteiger partial charge in [0.1, 0.15) is 24.2 Å². The number of rotatable bonds is 13. The van der Waals surface area contributed by atoms with Crippen LogP contribution in [0.15, 0.2) is 0 Å². The summed E-state index contributed by atoms with van der Waals surface area (Å²) >= 11 is 0. The Balaban J connectivity index is 2.04. The Bertz CT molecular complexity index is 1130. The highest BCUT2D eigenvalue weighted by Crippen LogP contribution is 2.27. The Hall–Kier alpha value is -2.81. The fourth-order valence-corrected chi connectivity index (χ4v) is 7.54. The third kappa shape index (κ3) is 12.7. The van der Waals surface area contributed by atoms with Gasteiger partial charge >= 0.3 is 0 Å². The van der Waals surface area contributed by atoms with Crippen LogP contribution in [0.3, 0.4) is 0 Å². The highest BCUT2D eigenvalue weighted by atomic mass is 16.5. The van der Waals surface area contributed by atoms with Crippen LogP contribution in [0.2, 0.25) is 0 Å². The number of hydrogen-bond donors (Lipinski definition) is 6. The van der Waals surface area contributed by atoms with E-state index in [1.165, 1.54) is 0 Å². The molecule has 0 unspecified atom stereocenters. The van der Waals surface area contributed by atoms with Crippen LogP contribution in [0, 0.1) is 5.92 Å². The van der Waals surface area contributed by atoms with Crippen molar-refractivity contribution in [2.24, 2.45) is 17.4 Å². The summed E-state index contributed by atoms with van der Waals surface area (Å²) in [6.45, 7) is 8.78. The summed E-state index contributed by atoms with van der Waals surface area (Å²) in [7, 11) is 1.69. The van der Waals surface area contributed by atoms with Gasteiger partial charge in [-0.1, -0.05) is 65.7 Å². The minimum absolute atomic E-state index is 0.0481. The molecule has 3 aliphatic rings. The number of likely N-dealkylation sites (N-methyl/N-ethyl adjacent to an activating group) is 1. The standard InChI is InChI=1S/C37H68N8O6/c1-6-9-17-31-37(50)44(5)30(14-8-3)35(48)43-32(25-15-12-11-13-16-25)36(49)41-28(21-38)33(46)42-29(23-51-27-19-26(39)20-27)34(47)40-24(4)22-45(31)18-10-7-2/h24-32H,6-23,38-39H2,1-5H3,(H,40,47)(H,41,49)(H,42,46)(H,43,48)/t24-,26-,27-,28+,29+,30+,31+,32+/m1/s1. The molecule has 2 aliphatic carbocycles. The molecule has 0 aromatic heterocycles. The SMILES string of the molecule is CCCC[C@H]1C(=O)N(C)[C@@H](CCC)C(=O)N[C@@H](C2CCCCC2)C(=O)N[C@@H](CN)C(=O)N[C@@H](CO[C@H]2C[C@H](N)C2)C(=O)N[C@H](C)CN1CCCC. The van der Waals surface area contributed by atoms with Gasteiger partial charge in [0, 0.05) is 32.2 Å². The molecule has 3 rings (SSSR count). The third-order valence-electron chi connectivity index (χ3n) is 10.8. The predicted molar refractivity (Wildman–Crippen MR) is 197 cm³/mol. The topological polar surface area (TPSA) is 201 Å². The van der Waals surface area contributed by atoms with E-state index in [2.05, 4.69) is 40.0 Å². The largest absolute Gasteiger partial charge is 0.375 e. The highest BCUT2D eigenvalue weighted by Gasteiger charge is 2.39. The average molecular weight is 721 g/mol. The summed E-state index contributed by atoms with van der Waals surface area (Å²) < 4.78 is 5.99. The zero-order valence-electron chi connectivity index (χ0n) is 31.9. The van der Waals surface area contributed by atoms with Crippen molar-refractivity contribution in [3.63, 3.8) is 0 Å². The number of amides is 5. The molecule has 5 amide bonds. The number of nitrogens with two attached hydrogens (primary N) is 2. The maximum absolute atomic E-state index is 14.5. The van der Waals surface area contributed by atoms with E-state index < -0.39 is 47.9 Å². The molecule has 1 heterocycles. The second-order valence-electron chi connectivity index (χ2n) is 15.1. The molecule has 51 heavy (non-hydrogen) atoms. The first-order valence-corrected chi connectivity index (χ1v) is 19.7. The van der Waals surface area contributed by atoms with Crippen molar-refractivity contribution >= 4 is 29.5 Å². The highest BCUT2D eigenvalue weighted by molar-refractivity contribution is 5.96. The molecule has 3 fully saturated rings. The second-order valence-corrected chi connectivity index (χ2v) is 15.1. The van der Waals surface area contributed by atoms with Crippen molar-refractivity contribution < 1.29 is 28.7 Å². The monoisotopic (exact) mass is 721 g/mol.